The highest BCUT2D eigenvalue weighted by Gasteiger charge is 2.13. The van der Waals surface area contributed by atoms with E-state index in [1.54, 1.807) is 0 Å². The molecule has 1 aromatic rings. The monoisotopic (exact) mass is 306 g/mol. The number of thiocarbonyl (C=S) groups is 1. The van der Waals surface area contributed by atoms with Crippen LogP contribution in [0.3, 0.4) is 0 Å². The summed E-state index contributed by atoms with van der Waals surface area (Å²) in [5.74, 6) is 0.868. The number of ether oxygens (including phenoxy) is 1. The molecule has 116 valence electrons. The van der Waals surface area contributed by atoms with E-state index in [9.17, 15) is 0 Å². The number of hydrogen-bond acceptors (Lipinski definition) is 2. The summed E-state index contributed by atoms with van der Waals surface area (Å²) in [6, 6.07) is 8.46. The van der Waals surface area contributed by atoms with Crippen LogP contribution >= 0.6 is 12.2 Å². The van der Waals surface area contributed by atoms with Crippen molar-refractivity contribution >= 4 is 23.0 Å². The Morgan fingerprint density at radius 3 is 2.57 bits per heavy atom. The van der Waals surface area contributed by atoms with Gasteiger partial charge in [0.2, 0.25) is 0 Å². The van der Waals surface area contributed by atoms with Crippen LogP contribution in [0.15, 0.2) is 24.3 Å². The summed E-state index contributed by atoms with van der Waals surface area (Å²) in [6.45, 7) is 4.05. The topological polar surface area (TPSA) is 33.3 Å². The van der Waals surface area contributed by atoms with Crippen molar-refractivity contribution in [3.8, 4) is 5.75 Å². The predicted octanol–water partition coefficient (Wildman–Crippen LogP) is 4.48. The highest BCUT2D eigenvalue weighted by Crippen LogP contribution is 2.20. The van der Waals surface area contributed by atoms with E-state index >= 15 is 0 Å². The third-order valence-electron chi connectivity index (χ3n) is 3.65. The Bertz CT molecular complexity index is 454. The van der Waals surface area contributed by atoms with Crippen molar-refractivity contribution in [3.63, 3.8) is 0 Å². The van der Waals surface area contributed by atoms with Crippen LogP contribution in [0.2, 0.25) is 0 Å². The molecule has 0 saturated heterocycles. The summed E-state index contributed by atoms with van der Waals surface area (Å²) in [7, 11) is 0. The van der Waals surface area contributed by atoms with Gasteiger partial charge in [-0.05, 0) is 51.0 Å². The Labute approximate surface area is 133 Å². The third kappa shape index (κ3) is 5.92. The van der Waals surface area contributed by atoms with Crippen molar-refractivity contribution in [1.82, 2.24) is 5.32 Å². The first-order valence-corrected chi connectivity index (χ1v) is 8.38. The van der Waals surface area contributed by atoms with Crippen molar-refractivity contribution in [3.05, 3.63) is 24.3 Å². The fraction of sp³-hybridized carbons (Fsp3) is 0.588. The normalized spacial score (nSPS) is 16.3. The van der Waals surface area contributed by atoms with Crippen LogP contribution in [0, 0.1) is 0 Å². The summed E-state index contributed by atoms with van der Waals surface area (Å²) >= 11 is 5.43. The first-order chi connectivity index (χ1) is 10.1. The second kappa shape index (κ2) is 8.23. The molecular formula is C17H26N2OS. The van der Waals surface area contributed by atoms with E-state index in [0.717, 1.165) is 11.4 Å². The molecule has 0 unspecified atom stereocenters. The van der Waals surface area contributed by atoms with E-state index in [-0.39, 0.29) is 6.10 Å². The van der Waals surface area contributed by atoms with Crippen molar-refractivity contribution in [2.24, 2.45) is 0 Å². The molecule has 21 heavy (non-hydrogen) atoms. The number of anilines is 1. The van der Waals surface area contributed by atoms with Crippen LogP contribution in [-0.4, -0.2) is 17.3 Å². The highest BCUT2D eigenvalue weighted by molar-refractivity contribution is 7.80. The first-order valence-electron chi connectivity index (χ1n) is 7.98. The van der Waals surface area contributed by atoms with Crippen molar-refractivity contribution in [2.75, 3.05) is 5.32 Å². The van der Waals surface area contributed by atoms with Crippen LogP contribution in [-0.2, 0) is 0 Å². The lowest BCUT2D eigenvalue weighted by Crippen LogP contribution is -2.37. The quantitative estimate of drug-likeness (QED) is 0.634. The summed E-state index contributed by atoms with van der Waals surface area (Å²) in [4.78, 5) is 0. The molecule has 1 aliphatic carbocycles. The Morgan fingerprint density at radius 2 is 1.90 bits per heavy atom. The molecule has 1 fully saturated rings. The second-order valence-corrected chi connectivity index (χ2v) is 6.39. The van der Waals surface area contributed by atoms with E-state index < -0.39 is 0 Å². The molecule has 0 amide bonds. The van der Waals surface area contributed by atoms with Gasteiger partial charge >= 0.3 is 0 Å². The predicted molar refractivity (Wildman–Crippen MR) is 93.1 cm³/mol. The Hall–Kier alpha value is -1.29. The summed E-state index contributed by atoms with van der Waals surface area (Å²) in [5.41, 5.74) is 0.972. The van der Waals surface area contributed by atoms with Crippen LogP contribution in [0.1, 0.15) is 52.4 Å². The zero-order chi connectivity index (χ0) is 15.1. The number of hydrogen-bond donors (Lipinski definition) is 2. The lowest BCUT2D eigenvalue weighted by Gasteiger charge is -2.19. The van der Waals surface area contributed by atoms with E-state index in [1.807, 2.05) is 38.1 Å². The van der Waals surface area contributed by atoms with Gasteiger partial charge in [-0.25, -0.2) is 0 Å². The molecular weight excluding hydrogens is 280 g/mol. The molecule has 2 N–H and O–H groups in total. The Balaban J connectivity index is 1.86. The van der Waals surface area contributed by atoms with E-state index in [2.05, 4.69) is 10.6 Å². The molecule has 0 spiro atoms. The molecule has 1 saturated carbocycles. The van der Waals surface area contributed by atoms with Gasteiger partial charge in [-0.15, -0.1) is 0 Å². The summed E-state index contributed by atoms with van der Waals surface area (Å²) < 4.78 is 5.70. The van der Waals surface area contributed by atoms with Crippen molar-refractivity contribution in [2.45, 2.75) is 64.5 Å². The molecule has 1 aliphatic rings. The number of nitrogens with one attached hydrogen (secondary N) is 2. The minimum Gasteiger partial charge on any atom is -0.491 e. The van der Waals surface area contributed by atoms with E-state index in [1.165, 1.54) is 38.5 Å². The maximum Gasteiger partial charge on any atom is 0.170 e. The molecule has 0 aromatic heterocycles. The first kappa shape index (κ1) is 16.1. The Kier molecular flexibility index (Phi) is 6.30. The van der Waals surface area contributed by atoms with Gasteiger partial charge in [-0.1, -0.05) is 31.7 Å². The van der Waals surface area contributed by atoms with Gasteiger partial charge in [0.05, 0.1) is 6.10 Å². The molecule has 0 aliphatic heterocycles. The van der Waals surface area contributed by atoms with Gasteiger partial charge < -0.3 is 15.4 Å². The molecule has 4 heteroatoms. The average Bonchev–Trinajstić information content (AvgIpc) is 2.66. The van der Waals surface area contributed by atoms with Crippen LogP contribution in [0.25, 0.3) is 0 Å². The standard InChI is InChI=1S/C17H26N2OS/c1-13(2)20-16-11-7-10-15(12-16)19-17(21)18-14-8-5-3-4-6-9-14/h7,10-14H,3-6,8-9H2,1-2H3,(H2,18,19,21). The number of benzene rings is 1. The van der Waals surface area contributed by atoms with Gasteiger partial charge in [-0.2, -0.15) is 0 Å². The zero-order valence-electron chi connectivity index (χ0n) is 13.0. The Morgan fingerprint density at radius 1 is 1.19 bits per heavy atom. The van der Waals surface area contributed by atoms with Gasteiger partial charge in [0.25, 0.3) is 0 Å². The molecule has 0 radical (unpaired) electrons. The molecule has 0 bridgehead atoms. The second-order valence-electron chi connectivity index (χ2n) is 5.98. The van der Waals surface area contributed by atoms with Crippen molar-refractivity contribution < 1.29 is 4.74 Å². The maximum atomic E-state index is 5.70. The van der Waals surface area contributed by atoms with E-state index in [4.69, 9.17) is 17.0 Å². The van der Waals surface area contributed by atoms with Gasteiger partial charge in [0, 0.05) is 17.8 Å². The highest BCUT2D eigenvalue weighted by atomic mass is 32.1. The van der Waals surface area contributed by atoms with Gasteiger partial charge in [0.15, 0.2) is 5.11 Å². The van der Waals surface area contributed by atoms with Crippen molar-refractivity contribution in [1.29, 1.82) is 0 Å². The fourth-order valence-corrected chi connectivity index (χ4v) is 2.98. The lowest BCUT2D eigenvalue weighted by molar-refractivity contribution is 0.242. The van der Waals surface area contributed by atoms with Gasteiger partial charge in [0.1, 0.15) is 5.75 Å². The fourth-order valence-electron chi connectivity index (χ4n) is 2.70. The van der Waals surface area contributed by atoms with E-state index in [0.29, 0.717) is 11.2 Å². The molecule has 0 atom stereocenters. The minimum atomic E-state index is 0.177. The molecule has 3 nitrogen and oxygen atoms in total. The van der Waals surface area contributed by atoms with Crippen LogP contribution in [0.5, 0.6) is 5.75 Å². The lowest BCUT2D eigenvalue weighted by atomic mass is 10.1. The third-order valence-corrected chi connectivity index (χ3v) is 3.87. The maximum absolute atomic E-state index is 5.70. The molecule has 1 aromatic carbocycles. The molecule has 0 heterocycles. The minimum absolute atomic E-state index is 0.177. The van der Waals surface area contributed by atoms with Crippen LogP contribution < -0.4 is 15.4 Å². The van der Waals surface area contributed by atoms with Gasteiger partial charge in [-0.3, -0.25) is 0 Å². The summed E-state index contributed by atoms with van der Waals surface area (Å²) in [6.07, 6.45) is 7.93. The molecule has 2 rings (SSSR count). The SMILES string of the molecule is CC(C)Oc1cccc(NC(=S)NC2CCCCCC2)c1. The smallest absolute Gasteiger partial charge is 0.170 e. The zero-order valence-corrected chi connectivity index (χ0v) is 13.8. The van der Waals surface area contributed by atoms with Crippen LogP contribution in [0.4, 0.5) is 5.69 Å². The number of rotatable bonds is 4. The average molecular weight is 306 g/mol. The largest absolute Gasteiger partial charge is 0.491 e. The summed E-state index contributed by atoms with van der Waals surface area (Å²) in [5, 5.41) is 7.42.